The van der Waals surface area contributed by atoms with Crippen LogP contribution in [0, 0.1) is 11.2 Å². The minimum absolute atomic E-state index is 0.0852. The number of hydrogen-bond acceptors (Lipinski definition) is 6. The molecule has 0 aliphatic rings. The van der Waals surface area contributed by atoms with E-state index in [4.69, 9.17) is 26.4 Å². The first-order valence-corrected chi connectivity index (χ1v) is 11.7. The third-order valence-corrected chi connectivity index (χ3v) is 6.04. The molecule has 10 nitrogen and oxygen atoms in total. The molecular formula is C26H28F2N7O3+. The Morgan fingerprint density at radius 1 is 1.26 bits per heavy atom. The fraction of sp³-hybridized carbons (Fsp3) is 0.231. The Kier molecular flexibility index (Phi) is 7.70. The second kappa shape index (κ2) is 11.1. The molecule has 4 aromatic rings. The largest absolute Gasteiger partial charge is 0.497 e. The summed E-state index contributed by atoms with van der Waals surface area (Å²) in [6.45, 7) is -1.14. The summed E-state index contributed by atoms with van der Waals surface area (Å²) in [6.07, 6.45) is 1.92. The van der Waals surface area contributed by atoms with Crippen LogP contribution < -0.4 is 31.2 Å². The SMILES string of the molecule is COc1cc(OCCF)c(F)c(C(Cc2ccc(C(=N)N)cc2)c2nn(-c3c(N)ccc[n+]3C)c(=O)[nH]2)c1. The van der Waals surface area contributed by atoms with Gasteiger partial charge in [0.1, 0.15) is 30.6 Å². The van der Waals surface area contributed by atoms with E-state index in [0.29, 0.717) is 17.1 Å². The smallest absolute Gasteiger partial charge is 0.440 e. The normalized spacial score (nSPS) is 11.8. The van der Waals surface area contributed by atoms with Crippen molar-refractivity contribution in [1.82, 2.24) is 14.8 Å². The average molecular weight is 525 g/mol. The molecule has 0 spiro atoms. The molecule has 1 atom stereocenters. The molecule has 198 valence electrons. The van der Waals surface area contributed by atoms with Crippen molar-refractivity contribution < 1.29 is 22.8 Å². The fourth-order valence-electron chi connectivity index (χ4n) is 4.17. The van der Waals surface area contributed by atoms with Crippen LogP contribution in [0.5, 0.6) is 11.5 Å². The number of nitrogens with zero attached hydrogens (tertiary/aromatic N) is 3. The molecule has 12 heteroatoms. The molecule has 0 radical (unpaired) electrons. The van der Waals surface area contributed by atoms with Crippen molar-refractivity contribution in [3.63, 3.8) is 0 Å². The fourth-order valence-corrected chi connectivity index (χ4v) is 4.17. The van der Waals surface area contributed by atoms with Gasteiger partial charge < -0.3 is 20.9 Å². The molecule has 2 aromatic heterocycles. The maximum atomic E-state index is 15.8. The Morgan fingerprint density at radius 2 is 2.00 bits per heavy atom. The van der Waals surface area contributed by atoms with Gasteiger partial charge >= 0.3 is 11.5 Å². The van der Waals surface area contributed by atoms with E-state index in [-0.39, 0.29) is 41.8 Å². The van der Waals surface area contributed by atoms with Crippen LogP contribution in [0.1, 0.15) is 28.4 Å². The second-order valence-electron chi connectivity index (χ2n) is 8.56. The number of aryl methyl sites for hydroxylation is 1. The number of methoxy groups -OCH3 is 1. The molecule has 0 bridgehead atoms. The van der Waals surface area contributed by atoms with Crippen molar-refractivity contribution in [1.29, 1.82) is 5.41 Å². The van der Waals surface area contributed by atoms with Gasteiger partial charge in [0.05, 0.1) is 26.3 Å². The predicted molar refractivity (Wildman–Crippen MR) is 137 cm³/mol. The van der Waals surface area contributed by atoms with Crippen molar-refractivity contribution in [2.45, 2.75) is 12.3 Å². The van der Waals surface area contributed by atoms with Gasteiger partial charge in [-0.05, 0) is 34.9 Å². The van der Waals surface area contributed by atoms with E-state index >= 15 is 4.39 Å². The van der Waals surface area contributed by atoms with Gasteiger partial charge in [0.25, 0.3) is 0 Å². The lowest BCUT2D eigenvalue weighted by molar-refractivity contribution is -0.665. The van der Waals surface area contributed by atoms with Gasteiger partial charge in [-0.2, -0.15) is 0 Å². The molecule has 4 rings (SSSR count). The number of ether oxygens (including phenoxy) is 2. The highest BCUT2D eigenvalue weighted by Crippen LogP contribution is 2.36. The van der Waals surface area contributed by atoms with E-state index < -0.39 is 24.1 Å². The molecular weight excluding hydrogens is 496 g/mol. The number of rotatable bonds is 10. The molecule has 0 fully saturated rings. The average Bonchev–Trinajstić information content (AvgIpc) is 3.27. The van der Waals surface area contributed by atoms with E-state index in [1.54, 1.807) is 54.2 Å². The van der Waals surface area contributed by atoms with E-state index in [0.717, 1.165) is 10.2 Å². The Labute approximate surface area is 216 Å². The van der Waals surface area contributed by atoms with E-state index in [2.05, 4.69) is 10.1 Å². The molecule has 6 N–H and O–H groups in total. The molecule has 0 aliphatic carbocycles. The number of pyridine rings is 1. The van der Waals surface area contributed by atoms with Gasteiger partial charge in [-0.15, -0.1) is 0 Å². The van der Waals surface area contributed by atoms with Crippen LogP contribution in [0.25, 0.3) is 5.82 Å². The number of benzene rings is 2. The molecule has 1 unspecified atom stereocenters. The summed E-state index contributed by atoms with van der Waals surface area (Å²) in [5, 5.41) is 12.1. The number of nitrogen functional groups attached to an aromatic ring is 2. The van der Waals surface area contributed by atoms with E-state index in [9.17, 15) is 9.18 Å². The molecule has 2 heterocycles. The highest BCUT2D eigenvalue weighted by atomic mass is 19.1. The highest BCUT2D eigenvalue weighted by Gasteiger charge is 2.30. The first-order chi connectivity index (χ1) is 18.2. The zero-order chi connectivity index (χ0) is 27.4. The summed E-state index contributed by atoms with van der Waals surface area (Å²) in [5.41, 5.74) is 12.9. The van der Waals surface area contributed by atoms with Crippen LogP contribution in [-0.2, 0) is 13.5 Å². The zero-order valence-corrected chi connectivity index (χ0v) is 20.9. The van der Waals surface area contributed by atoms with Gasteiger partial charge in [-0.3, -0.25) is 10.4 Å². The topological polar surface area (TPSA) is 149 Å². The number of hydrogen-bond donors (Lipinski definition) is 4. The number of H-pyrrole nitrogens is 1. The van der Waals surface area contributed by atoms with Gasteiger partial charge in [0.2, 0.25) is 0 Å². The van der Waals surface area contributed by atoms with E-state index in [1.165, 1.54) is 19.2 Å². The predicted octanol–water partition coefficient (Wildman–Crippen LogP) is 2.12. The number of aromatic nitrogens is 4. The van der Waals surface area contributed by atoms with Gasteiger partial charge in [-0.25, -0.2) is 18.1 Å². The zero-order valence-electron chi connectivity index (χ0n) is 20.9. The number of nitrogens with two attached hydrogens (primary N) is 2. The van der Waals surface area contributed by atoms with Crippen molar-refractivity contribution in [2.75, 3.05) is 26.1 Å². The summed E-state index contributed by atoms with van der Waals surface area (Å²) >= 11 is 0. The number of nitrogens with one attached hydrogen (secondary N) is 2. The standard InChI is InChI=1S/C26H27F2N7O3/c1-34-10-3-4-20(29)25(34)35-26(36)32-24(33-35)19(12-15-5-7-16(8-6-15)23(30)31)18-13-17(37-2)14-21(22(18)28)38-11-9-27/h3-8,10,13-14,19H,9,11-12,29H2,1-2H3,(H3-,30,31,32,33,36)/p+1. The van der Waals surface area contributed by atoms with Gasteiger partial charge in [0.15, 0.2) is 17.4 Å². The lowest BCUT2D eigenvalue weighted by atomic mass is 9.90. The first-order valence-electron chi connectivity index (χ1n) is 11.7. The van der Waals surface area contributed by atoms with Crippen LogP contribution in [0.2, 0.25) is 0 Å². The molecule has 0 saturated heterocycles. The maximum absolute atomic E-state index is 15.8. The number of anilines is 1. The summed E-state index contributed by atoms with van der Waals surface area (Å²) in [4.78, 5) is 15.8. The van der Waals surface area contributed by atoms with Crippen LogP contribution in [0.3, 0.4) is 0 Å². The van der Waals surface area contributed by atoms with Crippen LogP contribution in [0.4, 0.5) is 14.5 Å². The Balaban J connectivity index is 1.88. The van der Waals surface area contributed by atoms with Crippen molar-refractivity contribution >= 4 is 11.5 Å². The second-order valence-corrected chi connectivity index (χ2v) is 8.56. The number of aromatic amines is 1. The first kappa shape index (κ1) is 26.3. The van der Waals surface area contributed by atoms with E-state index in [1.807, 2.05) is 0 Å². The molecule has 0 amide bonds. The van der Waals surface area contributed by atoms with Crippen molar-refractivity contribution in [3.05, 3.63) is 93.5 Å². The Morgan fingerprint density at radius 3 is 2.63 bits per heavy atom. The van der Waals surface area contributed by atoms with Gasteiger partial charge in [-0.1, -0.05) is 29.4 Å². The van der Waals surface area contributed by atoms with Gasteiger partial charge in [0, 0.05) is 17.2 Å². The summed E-state index contributed by atoms with van der Waals surface area (Å²) in [7, 11) is 3.14. The molecule has 2 aromatic carbocycles. The lowest BCUT2D eigenvalue weighted by Crippen LogP contribution is -2.38. The minimum atomic E-state index is -0.815. The maximum Gasteiger partial charge on any atom is 0.440 e. The molecule has 38 heavy (non-hydrogen) atoms. The number of halogens is 2. The van der Waals surface area contributed by atoms with Crippen LogP contribution in [-0.4, -0.2) is 41.0 Å². The lowest BCUT2D eigenvalue weighted by Gasteiger charge is -2.18. The third-order valence-electron chi connectivity index (χ3n) is 6.04. The monoisotopic (exact) mass is 524 g/mol. The summed E-state index contributed by atoms with van der Waals surface area (Å²) in [5.74, 6) is -1.03. The van der Waals surface area contributed by atoms with Crippen molar-refractivity contribution in [2.24, 2.45) is 12.8 Å². The molecule has 0 saturated carbocycles. The third kappa shape index (κ3) is 5.33. The Hall–Kier alpha value is -4.74. The van der Waals surface area contributed by atoms with Crippen LogP contribution in [0.15, 0.2) is 59.5 Å². The van der Waals surface area contributed by atoms with Crippen LogP contribution >= 0.6 is 0 Å². The minimum Gasteiger partial charge on any atom is -0.497 e. The summed E-state index contributed by atoms with van der Waals surface area (Å²) < 4.78 is 42.0. The number of amidine groups is 1. The van der Waals surface area contributed by atoms with Crippen molar-refractivity contribution in [3.8, 4) is 17.3 Å². The number of alkyl halides is 1. The molecule has 0 aliphatic heterocycles. The highest BCUT2D eigenvalue weighted by molar-refractivity contribution is 5.94. The summed E-state index contributed by atoms with van der Waals surface area (Å²) in [6, 6.07) is 13.1. The Bertz CT molecular complexity index is 1500. The quantitative estimate of drug-likeness (QED) is 0.142.